The zero-order valence-electron chi connectivity index (χ0n) is 14.5. The highest BCUT2D eigenvalue weighted by atomic mass is 32.1. The second-order valence-electron chi connectivity index (χ2n) is 6.32. The Hall–Kier alpha value is -2.06. The van der Waals surface area contributed by atoms with Crippen LogP contribution in [0.1, 0.15) is 52.0 Å². The molecule has 0 saturated carbocycles. The lowest BCUT2D eigenvalue weighted by Gasteiger charge is -2.19. The van der Waals surface area contributed by atoms with E-state index in [0.29, 0.717) is 16.7 Å². The van der Waals surface area contributed by atoms with Crippen LogP contribution in [-0.2, 0) is 11.8 Å². The van der Waals surface area contributed by atoms with E-state index in [-0.39, 0.29) is 24.5 Å². The number of aryl methyl sites for hydroxylation is 2. The van der Waals surface area contributed by atoms with Gasteiger partial charge in [-0.2, -0.15) is 10.1 Å². The molecule has 2 aromatic heterocycles. The number of nitrogens with zero attached hydrogens (tertiary/aromatic N) is 3. The zero-order chi connectivity index (χ0) is 17.8. The average Bonchev–Trinajstić information content (AvgIpc) is 3.20. The van der Waals surface area contributed by atoms with Gasteiger partial charge in [-0.1, -0.05) is 0 Å². The Labute approximate surface area is 150 Å². The quantitative estimate of drug-likeness (QED) is 0.771. The van der Waals surface area contributed by atoms with E-state index < -0.39 is 0 Å². The third-order valence-electron chi connectivity index (χ3n) is 4.33. The number of piperidine rings is 1. The third-order valence-corrected chi connectivity index (χ3v) is 5.37. The first-order valence-corrected chi connectivity index (χ1v) is 9.35. The summed E-state index contributed by atoms with van der Waals surface area (Å²) in [6.07, 6.45) is 2.36. The van der Waals surface area contributed by atoms with Gasteiger partial charge in [-0.15, -0.1) is 11.3 Å². The molecule has 0 bridgehead atoms. The first-order valence-electron chi connectivity index (χ1n) is 8.54. The van der Waals surface area contributed by atoms with Gasteiger partial charge in [0.1, 0.15) is 0 Å². The standard InChI is InChI=1S/C17H23N5O2S/c1-11-3-5-14(25-11)13(23)4-6-15(24)19-17-20-16(21-22(17)2)12-7-9-18-10-8-12/h3,5,12,18H,4,6-10H2,1-2H3,(H,19,20,21,24). The minimum atomic E-state index is -0.214. The Balaban J connectivity index is 1.54. The number of anilines is 1. The molecule has 0 aromatic carbocycles. The van der Waals surface area contributed by atoms with Crippen molar-refractivity contribution in [3.8, 4) is 0 Å². The number of amides is 1. The summed E-state index contributed by atoms with van der Waals surface area (Å²) in [6.45, 7) is 3.89. The number of rotatable bonds is 6. The minimum Gasteiger partial charge on any atom is -0.317 e. The molecule has 134 valence electrons. The molecule has 2 N–H and O–H groups in total. The van der Waals surface area contributed by atoms with Crippen molar-refractivity contribution in [3.05, 3.63) is 27.7 Å². The summed E-state index contributed by atoms with van der Waals surface area (Å²) in [5.74, 6) is 1.35. The summed E-state index contributed by atoms with van der Waals surface area (Å²) < 4.78 is 1.60. The van der Waals surface area contributed by atoms with Crippen LogP contribution in [0.2, 0.25) is 0 Å². The number of aromatic nitrogens is 3. The minimum absolute atomic E-state index is 0.00149. The molecule has 1 fully saturated rings. The van der Waals surface area contributed by atoms with Crippen LogP contribution in [0, 0.1) is 6.92 Å². The number of ketones is 1. The van der Waals surface area contributed by atoms with Crippen molar-refractivity contribution in [2.45, 2.75) is 38.5 Å². The highest BCUT2D eigenvalue weighted by Gasteiger charge is 2.21. The van der Waals surface area contributed by atoms with Gasteiger partial charge in [0.2, 0.25) is 11.9 Å². The van der Waals surface area contributed by atoms with Gasteiger partial charge >= 0.3 is 0 Å². The Bertz CT molecular complexity index is 761. The number of carbonyl (C=O) groups excluding carboxylic acids is 2. The van der Waals surface area contributed by atoms with E-state index in [1.54, 1.807) is 11.7 Å². The number of hydrogen-bond donors (Lipinski definition) is 2. The van der Waals surface area contributed by atoms with Gasteiger partial charge in [0, 0.05) is 30.7 Å². The normalized spacial score (nSPS) is 15.3. The van der Waals surface area contributed by atoms with Gasteiger partial charge in [-0.25, -0.2) is 4.68 Å². The maximum Gasteiger partial charge on any atom is 0.227 e. The van der Waals surface area contributed by atoms with E-state index in [9.17, 15) is 9.59 Å². The van der Waals surface area contributed by atoms with Crippen molar-refractivity contribution >= 4 is 29.0 Å². The molecule has 0 atom stereocenters. The van der Waals surface area contributed by atoms with Crippen molar-refractivity contribution in [2.24, 2.45) is 7.05 Å². The molecular weight excluding hydrogens is 338 g/mol. The van der Waals surface area contributed by atoms with E-state index in [1.165, 1.54) is 11.3 Å². The smallest absolute Gasteiger partial charge is 0.227 e. The Morgan fingerprint density at radius 2 is 2.08 bits per heavy atom. The predicted molar refractivity (Wildman–Crippen MR) is 97.1 cm³/mol. The molecule has 0 aliphatic carbocycles. The number of Topliss-reactive ketones (excluding diaryl/α,β-unsaturated/α-hetero) is 1. The monoisotopic (exact) mass is 361 g/mol. The summed E-state index contributed by atoms with van der Waals surface area (Å²) in [4.78, 5) is 30.5. The number of carbonyl (C=O) groups is 2. The lowest BCUT2D eigenvalue weighted by atomic mass is 9.98. The van der Waals surface area contributed by atoms with Crippen LogP contribution in [0.25, 0.3) is 0 Å². The fraction of sp³-hybridized carbons (Fsp3) is 0.529. The molecule has 7 nitrogen and oxygen atoms in total. The van der Waals surface area contributed by atoms with Crippen LogP contribution in [0.4, 0.5) is 5.95 Å². The lowest BCUT2D eigenvalue weighted by molar-refractivity contribution is -0.116. The van der Waals surface area contributed by atoms with E-state index in [0.717, 1.165) is 36.6 Å². The molecule has 3 rings (SSSR count). The van der Waals surface area contributed by atoms with Crippen LogP contribution >= 0.6 is 11.3 Å². The van der Waals surface area contributed by atoms with Crippen molar-refractivity contribution in [3.63, 3.8) is 0 Å². The summed E-state index contributed by atoms with van der Waals surface area (Å²) in [6, 6.07) is 3.73. The van der Waals surface area contributed by atoms with Gasteiger partial charge in [0.25, 0.3) is 0 Å². The van der Waals surface area contributed by atoms with Gasteiger partial charge < -0.3 is 5.32 Å². The molecule has 0 unspecified atom stereocenters. The van der Waals surface area contributed by atoms with E-state index in [4.69, 9.17) is 0 Å². The molecule has 3 heterocycles. The predicted octanol–water partition coefficient (Wildman–Crippen LogP) is 2.25. The fourth-order valence-electron chi connectivity index (χ4n) is 2.89. The van der Waals surface area contributed by atoms with Gasteiger partial charge in [-0.3, -0.25) is 14.9 Å². The second-order valence-corrected chi connectivity index (χ2v) is 7.61. The number of nitrogens with one attached hydrogen (secondary N) is 2. The van der Waals surface area contributed by atoms with Crippen molar-refractivity contribution in [2.75, 3.05) is 18.4 Å². The molecule has 25 heavy (non-hydrogen) atoms. The third kappa shape index (κ3) is 4.52. The van der Waals surface area contributed by atoms with E-state index in [2.05, 4.69) is 20.7 Å². The zero-order valence-corrected chi connectivity index (χ0v) is 15.4. The number of hydrogen-bond acceptors (Lipinski definition) is 6. The van der Waals surface area contributed by atoms with Crippen LogP contribution in [0.5, 0.6) is 0 Å². The van der Waals surface area contributed by atoms with E-state index >= 15 is 0 Å². The maximum atomic E-state index is 12.1. The Morgan fingerprint density at radius 3 is 2.76 bits per heavy atom. The molecule has 1 saturated heterocycles. The van der Waals surface area contributed by atoms with Crippen LogP contribution in [0.15, 0.2) is 12.1 Å². The van der Waals surface area contributed by atoms with Crippen LogP contribution in [0.3, 0.4) is 0 Å². The first-order chi connectivity index (χ1) is 12.0. The molecule has 2 aromatic rings. The van der Waals surface area contributed by atoms with Gasteiger partial charge in [-0.05, 0) is 45.0 Å². The maximum absolute atomic E-state index is 12.1. The summed E-state index contributed by atoms with van der Waals surface area (Å²) >= 11 is 1.46. The van der Waals surface area contributed by atoms with Crippen LogP contribution in [-0.4, -0.2) is 39.5 Å². The van der Waals surface area contributed by atoms with Crippen molar-refractivity contribution in [1.29, 1.82) is 0 Å². The topological polar surface area (TPSA) is 88.9 Å². The lowest BCUT2D eigenvalue weighted by Crippen LogP contribution is -2.27. The average molecular weight is 361 g/mol. The highest BCUT2D eigenvalue weighted by molar-refractivity contribution is 7.14. The SMILES string of the molecule is Cc1ccc(C(=O)CCC(=O)Nc2nc(C3CCNCC3)nn2C)s1. The number of thiophene rings is 1. The molecule has 1 aliphatic heterocycles. The molecule has 8 heteroatoms. The molecule has 1 amide bonds. The van der Waals surface area contributed by atoms with Gasteiger partial charge in [0.05, 0.1) is 4.88 Å². The second kappa shape index (κ2) is 7.88. The molecule has 1 aliphatic rings. The first kappa shape index (κ1) is 17.8. The summed E-state index contributed by atoms with van der Waals surface area (Å²) in [5, 5.41) is 10.5. The van der Waals surface area contributed by atoms with Crippen LogP contribution < -0.4 is 10.6 Å². The summed E-state index contributed by atoms with van der Waals surface area (Å²) in [5.41, 5.74) is 0. The summed E-state index contributed by atoms with van der Waals surface area (Å²) in [7, 11) is 1.77. The van der Waals surface area contributed by atoms with E-state index in [1.807, 2.05) is 19.1 Å². The highest BCUT2D eigenvalue weighted by Crippen LogP contribution is 2.23. The largest absolute Gasteiger partial charge is 0.317 e. The van der Waals surface area contributed by atoms with Crippen molar-refractivity contribution in [1.82, 2.24) is 20.1 Å². The van der Waals surface area contributed by atoms with Gasteiger partial charge in [0.15, 0.2) is 11.6 Å². The molecular formula is C17H23N5O2S. The molecule has 0 radical (unpaired) electrons. The Kier molecular flexibility index (Phi) is 5.60. The molecule has 0 spiro atoms. The Morgan fingerprint density at radius 1 is 1.32 bits per heavy atom. The van der Waals surface area contributed by atoms with Crippen molar-refractivity contribution < 1.29 is 9.59 Å². The fourth-order valence-corrected chi connectivity index (χ4v) is 3.72.